The number of carbonyl (C=O) groups is 3. The molecule has 7 heteroatoms. The van der Waals surface area contributed by atoms with E-state index in [1.165, 1.54) is 20.3 Å². The molecule has 0 heterocycles. The molecule has 16 heavy (non-hydrogen) atoms. The Morgan fingerprint density at radius 2 is 1.38 bits per heavy atom. The summed E-state index contributed by atoms with van der Waals surface area (Å²) < 4.78 is 4.03. The summed E-state index contributed by atoms with van der Waals surface area (Å²) >= 11 is 0. The second-order valence-electron chi connectivity index (χ2n) is 2.15. The van der Waals surface area contributed by atoms with E-state index in [4.69, 9.17) is 14.7 Å². The van der Waals surface area contributed by atoms with E-state index in [1.807, 2.05) is 0 Å². The van der Waals surface area contributed by atoms with Crippen molar-refractivity contribution in [1.29, 1.82) is 0 Å². The number of aliphatic carboxylic acids is 1. The van der Waals surface area contributed by atoms with Gasteiger partial charge in [-0.15, -0.1) is 0 Å². The summed E-state index contributed by atoms with van der Waals surface area (Å²) in [5.74, 6) is -1.59. The first-order valence-electron chi connectivity index (χ1n) is 3.99. The minimum Gasteiger partial charge on any atom is -0.653 e. The molecule has 0 spiro atoms. The molecule has 0 aliphatic rings. The van der Waals surface area contributed by atoms with Gasteiger partial charge in [0.25, 0.3) is 5.97 Å². The third-order valence-corrected chi connectivity index (χ3v) is 0.699. The van der Waals surface area contributed by atoms with Crippen molar-refractivity contribution in [2.45, 2.75) is 27.7 Å². The van der Waals surface area contributed by atoms with E-state index in [1.54, 1.807) is 6.92 Å². The molecule has 0 aliphatic carbocycles. The minimum absolute atomic E-state index is 0. The largest absolute Gasteiger partial charge is 0.653 e. The molecule has 98 valence electrons. The van der Waals surface area contributed by atoms with E-state index in [2.05, 4.69) is 4.74 Å². The van der Waals surface area contributed by atoms with Crippen molar-refractivity contribution in [2.24, 2.45) is 0 Å². The molecule has 0 fully saturated rings. The zero-order valence-electron chi connectivity index (χ0n) is 9.51. The minimum atomic E-state index is -0.833. The number of ether oxygens (including phenoxy) is 1. The molecule has 0 amide bonds. The van der Waals surface area contributed by atoms with Crippen LogP contribution in [0.15, 0.2) is 0 Å². The maximum absolute atomic E-state index is 9.79. The van der Waals surface area contributed by atoms with E-state index in [-0.39, 0.29) is 28.1 Å². The van der Waals surface area contributed by atoms with Crippen LogP contribution in [-0.4, -0.2) is 35.7 Å². The Balaban J connectivity index is -0.0000000668. The van der Waals surface area contributed by atoms with Gasteiger partial charge in [0.1, 0.15) is 0 Å². The van der Waals surface area contributed by atoms with Crippen molar-refractivity contribution in [3.05, 3.63) is 0 Å². The summed E-state index contributed by atoms with van der Waals surface area (Å²) in [6.45, 7) is 7.00. The normalized spacial score (nSPS) is 6.50. The molecule has 1 N–H and O–H groups in total. The van der Waals surface area contributed by atoms with Gasteiger partial charge in [-0.1, -0.05) is 6.47 Å². The molecule has 0 aromatic carbocycles. The van der Waals surface area contributed by atoms with E-state index >= 15 is 0 Å². The Kier molecular flexibility index (Phi) is 29.2. The van der Waals surface area contributed by atoms with Crippen molar-refractivity contribution in [3.8, 4) is 0 Å². The van der Waals surface area contributed by atoms with Gasteiger partial charge < -0.3 is 14.6 Å². The molecule has 6 nitrogen and oxygen atoms in total. The maximum atomic E-state index is 9.79. The third-order valence-electron chi connectivity index (χ3n) is 0.699. The van der Waals surface area contributed by atoms with Gasteiger partial charge in [0.15, 0.2) is 11.6 Å². The van der Waals surface area contributed by atoms with Crippen molar-refractivity contribution in [2.75, 3.05) is 6.61 Å². The van der Waals surface area contributed by atoms with Gasteiger partial charge in [-0.2, -0.15) is 0 Å². The van der Waals surface area contributed by atoms with Crippen molar-refractivity contribution < 1.29 is 45.5 Å². The second-order valence-corrected chi connectivity index (χ2v) is 2.15. The Labute approximate surface area is 104 Å². The molecule has 0 aromatic heterocycles. The van der Waals surface area contributed by atoms with Crippen LogP contribution in [-0.2, 0) is 40.4 Å². The van der Waals surface area contributed by atoms with Crippen LogP contribution in [0.5, 0.6) is 0 Å². The Hall–Kier alpha value is -1.23. The standard InChI is InChI=1S/C4H6O2.C3H5O2.C2H4O2.Ni/c1-3(5)4(2)6;1-2-5-3-4;1-2(3)4;/h1-2H3;2H2,1H3;1H3,(H,3,4);/q;-1;;. The first kappa shape index (κ1) is 24.1. The van der Waals surface area contributed by atoms with Crippen LogP contribution in [0.4, 0.5) is 0 Å². The molecule has 0 unspecified atom stereocenters. The van der Waals surface area contributed by atoms with Crippen LogP contribution in [0.1, 0.15) is 27.7 Å². The number of carboxylic acids is 1. The summed E-state index contributed by atoms with van der Waals surface area (Å²) in [6, 6.07) is 0. The molecule has 0 aliphatic heterocycles. The average molecular weight is 278 g/mol. The Morgan fingerprint density at radius 1 is 1.12 bits per heavy atom. The van der Waals surface area contributed by atoms with Gasteiger partial charge in [-0.25, -0.2) is 0 Å². The van der Waals surface area contributed by atoms with Crippen LogP contribution in [0.25, 0.3) is 0 Å². The number of ketones is 2. The second kappa shape index (κ2) is 19.4. The third kappa shape index (κ3) is 77.7. The fraction of sp³-hybridized carbons (Fsp3) is 0.556. The quantitative estimate of drug-likeness (QED) is 0.454. The molecule has 0 radical (unpaired) electrons. The van der Waals surface area contributed by atoms with E-state index in [0.717, 1.165) is 6.92 Å². The number of hydrogen-bond acceptors (Lipinski definition) is 5. The van der Waals surface area contributed by atoms with Crippen LogP contribution < -0.4 is 0 Å². The van der Waals surface area contributed by atoms with Gasteiger partial charge in [0.05, 0.1) is 0 Å². The summed E-state index contributed by atoms with van der Waals surface area (Å²) in [5, 5.41) is 7.42. The van der Waals surface area contributed by atoms with Gasteiger partial charge in [-0.05, 0) is 6.92 Å². The molecule has 0 bridgehead atoms. The molecule has 0 rings (SSSR count). The summed E-state index contributed by atoms with van der Waals surface area (Å²) in [4.78, 5) is 37.6. The van der Waals surface area contributed by atoms with Gasteiger partial charge in [-0.3, -0.25) is 14.4 Å². The molecule has 0 saturated heterocycles. The van der Waals surface area contributed by atoms with Crippen molar-refractivity contribution >= 4 is 24.0 Å². The molecular weight excluding hydrogens is 263 g/mol. The molecule has 0 aromatic rings. The SMILES string of the molecule is CC(=O)C(C)=O.CC(=O)O.CCO[C-]=O.[Ni]. The van der Waals surface area contributed by atoms with E-state index < -0.39 is 5.97 Å². The fourth-order valence-electron chi connectivity index (χ4n) is 0.0589. The van der Waals surface area contributed by atoms with Crippen molar-refractivity contribution in [1.82, 2.24) is 0 Å². The predicted octanol–water partition coefficient (Wildman–Crippen LogP) is 0.343. The van der Waals surface area contributed by atoms with Crippen LogP contribution in [0, 0.1) is 0 Å². The fourth-order valence-corrected chi connectivity index (χ4v) is 0.0589. The van der Waals surface area contributed by atoms with E-state index in [9.17, 15) is 9.59 Å². The first-order valence-corrected chi connectivity index (χ1v) is 3.99. The van der Waals surface area contributed by atoms with Gasteiger partial charge in [0, 0.05) is 43.9 Å². The number of carboxylic acid groups (broad SMARTS) is 1. The van der Waals surface area contributed by atoms with Gasteiger partial charge in [0.2, 0.25) is 0 Å². The first-order chi connectivity index (χ1) is 6.79. The van der Waals surface area contributed by atoms with E-state index in [0.29, 0.717) is 6.61 Å². The zero-order valence-corrected chi connectivity index (χ0v) is 10.5. The van der Waals surface area contributed by atoms with Crippen LogP contribution in [0.2, 0.25) is 0 Å². The molecule has 0 saturated carbocycles. The Morgan fingerprint density at radius 3 is 1.38 bits per heavy atom. The Bertz CT molecular complexity index is 198. The topological polar surface area (TPSA) is 97.7 Å². The zero-order chi connectivity index (χ0) is 12.9. The number of rotatable bonds is 3. The van der Waals surface area contributed by atoms with Crippen LogP contribution >= 0.6 is 0 Å². The van der Waals surface area contributed by atoms with Gasteiger partial charge >= 0.3 is 0 Å². The summed E-state index contributed by atoms with van der Waals surface area (Å²) in [6.07, 6.45) is 0. The number of hydrogen-bond donors (Lipinski definition) is 1. The smallest absolute Gasteiger partial charge is 0.300 e. The molecule has 0 atom stereocenters. The van der Waals surface area contributed by atoms with Crippen LogP contribution in [0.3, 0.4) is 0 Å². The number of Topliss-reactive ketones (excluding diaryl/α,β-unsaturated/α-hetero) is 2. The predicted molar refractivity (Wildman–Crippen MR) is 52.0 cm³/mol. The monoisotopic (exact) mass is 277 g/mol. The average Bonchev–Trinajstić information content (AvgIpc) is 2.05. The summed E-state index contributed by atoms with van der Waals surface area (Å²) in [5.41, 5.74) is 0. The number of carbonyl (C=O) groups excluding carboxylic acids is 3. The summed E-state index contributed by atoms with van der Waals surface area (Å²) in [7, 11) is 0. The van der Waals surface area contributed by atoms with Crippen molar-refractivity contribution in [3.63, 3.8) is 0 Å². The molecular formula is C9H15NiO6-. The maximum Gasteiger partial charge on any atom is 0.300 e.